The summed E-state index contributed by atoms with van der Waals surface area (Å²) in [6.45, 7) is 9.80. The van der Waals surface area contributed by atoms with E-state index in [-0.39, 0.29) is 39.6 Å². The Hall–Kier alpha value is -1.73. The molecule has 37 heavy (non-hydrogen) atoms. The molecule has 0 amide bonds. The number of carbonyl (C=O) groups is 2. The molecular weight excluding hydrogens is 488 g/mol. The van der Waals surface area contributed by atoms with E-state index in [1.165, 1.54) is 6.92 Å². The van der Waals surface area contributed by atoms with Gasteiger partial charge in [-0.1, -0.05) is 31.5 Å². The first-order chi connectivity index (χ1) is 17.3. The third-order valence-electron chi connectivity index (χ3n) is 10.9. The fraction of sp³-hybridized carbons (Fsp3) is 0.733. The number of Topliss-reactive ketones (excluding diaryl/α,β-unsaturated/α-hetero) is 1. The second-order valence-corrected chi connectivity index (χ2v) is 14.5. The summed E-state index contributed by atoms with van der Waals surface area (Å²) in [5, 5.41) is 0. The van der Waals surface area contributed by atoms with Crippen LogP contribution >= 0.6 is 0 Å². The zero-order valence-corrected chi connectivity index (χ0v) is 23.7. The van der Waals surface area contributed by atoms with Crippen molar-refractivity contribution in [3.63, 3.8) is 0 Å². The second-order valence-electron chi connectivity index (χ2n) is 12.9. The molecule has 0 bridgehead atoms. The molecule has 1 aromatic carbocycles. The van der Waals surface area contributed by atoms with Crippen LogP contribution in [0, 0.1) is 47.3 Å². The molecule has 7 heteroatoms. The van der Waals surface area contributed by atoms with Crippen LogP contribution in [0.5, 0.6) is 0 Å². The highest BCUT2D eigenvalue weighted by Crippen LogP contribution is 2.67. The molecular formula is C30H42O6S. The zero-order chi connectivity index (χ0) is 26.8. The van der Waals surface area contributed by atoms with Gasteiger partial charge in [-0.15, -0.1) is 0 Å². The molecule has 0 radical (unpaired) electrons. The van der Waals surface area contributed by atoms with Gasteiger partial charge in [0.1, 0.15) is 11.9 Å². The molecule has 1 aromatic rings. The number of ketones is 1. The van der Waals surface area contributed by atoms with Crippen LogP contribution in [-0.4, -0.2) is 32.4 Å². The lowest BCUT2D eigenvalue weighted by atomic mass is 9.44. The first-order valence-electron chi connectivity index (χ1n) is 14.0. The molecule has 4 aliphatic carbocycles. The summed E-state index contributed by atoms with van der Waals surface area (Å²) in [6, 6.07) is 6.76. The average molecular weight is 531 g/mol. The van der Waals surface area contributed by atoms with Gasteiger partial charge in [-0.25, -0.2) is 0 Å². The van der Waals surface area contributed by atoms with E-state index in [0.717, 1.165) is 50.5 Å². The van der Waals surface area contributed by atoms with Gasteiger partial charge in [0.25, 0.3) is 10.1 Å². The molecule has 5 rings (SSSR count). The van der Waals surface area contributed by atoms with Crippen molar-refractivity contribution >= 4 is 21.9 Å². The molecule has 0 aliphatic heterocycles. The van der Waals surface area contributed by atoms with Crippen LogP contribution in [0.25, 0.3) is 0 Å². The SMILES string of the molecule is CC(=O)O[C@@H]1CC[C@]2(C)[C@H](CC[C@H]3[C@H]2C(=O)C[C@]2(C)[C@@H]([C@H](C)OS(=O)(=O)c4ccc(C)cc4)CC[C@@H]32)C1. The Morgan fingerprint density at radius 3 is 2.41 bits per heavy atom. The van der Waals surface area contributed by atoms with Crippen LogP contribution < -0.4 is 0 Å². The third kappa shape index (κ3) is 4.58. The van der Waals surface area contributed by atoms with Crippen molar-refractivity contribution in [2.75, 3.05) is 0 Å². The van der Waals surface area contributed by atoms with Crippen LogP contribution in [0.15, 0.2) is 29.2 Å². The normalized spacial score (nSPS) is 40.3. The van der Waals surface area contributed by atoms with E-state index in [9.17, 15) is 18.0 Å². The quantitative estimate of drug-likeness (QED) is 0.350. The lowest BCUT2D eigenvalue weighted by molar-refractivity contribution is -0.170. The van der Waals surface area contributed by atoms with Crippen LogP contribution in [0.3, 0.4) is 0 Å². The highest BCUT2D eigenvalue weighted by molar-refractivity contribution is 7.86. The smallest absolute Gasteiger partial charge is 0.302 e. The Morgan fingerprint density at radius 1 is 1.03 bits per heavy atom. The fourth-order valence-electron chi connectivity index (χ4n) is 9.21. The first-order valence-corrected chi connectivity index (χ1v) is 15.5. The van der Waals surface area contributed by atoms with Gasteiger partial charge >= 0.3 is 5.97 Å². The average Bonchev–Trinajstić information content (AvgIpc) is 3.15. The van der Waals surface area contributed by atoms with Crippen LogP contribution in [0.2, 0.25) is 0 Å². The van der Waals surface area contributed by atoms with Gasteiger partial charge in [0, 0.05) is 19.3 Å². The van der Waals surface area contributed by atoms with Crippen molar-refractivity contribution in [2.45, 2.75) is 103 Å². The summed E-state index contributed by atoms with van der Waals surface area (Å²) < 4.78 is 37.4. The van der Waals surface area contributed by atoms with Gasteiger partial charge in [0.2, 0.25) is 0 Å². The van der Waals surface area contributed by atoms with Gasteiger partial charge < -0.3 is 4.74 Å². The summed E-state index contributed by atoms with van der Waals surface area (Å²) in [5.74, 6) is 1.34. The van der Waals surface area contributed by atoms with Crippen molar-refractivity contribution in [2.24, 2.45) is 40.4 Å². The Morgan fingerprint density at radius 2 is 1.73 bits per heavy atom. The summed E-state index contributed by atoms with van der Waals surface area (Å²) in [5.41, 5.74) is 0.697. The predicted octanol–water partition coefficient (Wildman–Crippen LogP) is 5.86. The molecule has 4 fully saturated rings. The number of carbonyl (C=O) groups excluding carboxylic acids is 2. The number of ether oxygens (including phenoxy) is 1. The van der Waals surface area contributed by atoms with Gasteiger partial charge in [-0.3, -0.25) is 13.8 Å². The summed E-state index contributed by atoms with van der Waals surface area (Å²) in [6.07, 6.45) is 6.58. The molecule has 0 N–H and O–H groups in total. The zero-order valence-electron chi connectivity index (χ0n) is 22.9. The Bertz CT molecular complexity index is 1160. The minimum Gasteiger partial charge on any atom is -0.463 e. The van der Waals surface area contributed by atoms with Gasteiger partial charge in [-0.2, -0.15) is 8.42 Å². The van der Waals surface area contributed by atoms with Crippen molar-refractivity contribution in [1.29, 1.82) is 0 Å². The number of fused-ring (bicyclic) bond motifs is 5. The van der Waals surface area contributed by atoms with Gasteiger partial charge in [0.05, 0.1) is 11.0 Å². The van der Waals surface area contributed by atoms with E-state index >= 15 is 0 Å². The minimum atomic E-state index is -3.88. The van der Waals surface area contributed by atoms with E-state index in [2.05, 4.69) is 13.8 Å². The summed E-state index contributed by atoms with van der Waals surface area (Å²) in [4.78, 5) is 25.7. The molecule has 0 spiro atoms. The lowest BCUT2D eigenvalue weighted by Crippen LogP contribution is -2.58. The van der Waals surface area contributed by atoms with E-state index in [1.807, 2.05) is 13.8 Å². The Kier molecular flexibility index (Phi) is 6.88. The molecule has 6 nitrogen and oxygen atoms in total. The number of aryl methyl sites for hydroxylation is 1. The first kappa shape index (κ1) is 26.9. The highest BCUT2D eigenvalue weighted by Gasteiger charge is 2.64. The predicted molar refractivity (Wildman–Crippen MR) is 140 cm³/mol. The molecule has 0 unspecified atom stereocenters. The molecule has 0 aromatic heterocycles. The Balaban J connectivity index is 1.34. The molecule has 4 saturated carbocycles. The second kappa shape index (κ2) is 9.48. The topological polar surface area (TPSA) is 86.7 Å². The molecule has 204 valence electrons. The van der Waals surface area contributed by atoms with E-state index in [4.69, 9.17) is 8.92 Å². The lowest BCUT2D eigenvalue weighted by Gasteiger charge is -2.60. The minimum absolute atomic E-state index is 0.0212. The van der Waals surface area contributed by atoms with Crippen LogP contribution in [0.1, 0.15) is 84.6 Å². The molecule has 9 atom stereocenters. The molecule has 0 saturated heterocycles. The highest BCUT2D eigenvalue weighted by atomic mass is 32.2. The largest absolute Gasteiger partial charge is 0.463 e. The monoisotopic (exact) mass is 530 g/mol. The number of hydrogen-bond donors (Lipinski definition) is 0. The standard InChI is InChI=1S/C30H42O6S/c1-18-6-9-23(10-7-18)37(33,34)36-19(2)25-12-13-26-24-11-8-21-16-22(35-20(3)31)14-15-29(21,4)28(24)27(32)17-30(25,26)5/h6-7,9-10,19,21-22,24-26,28H,8,11-17H2,1-5H3/t19-,21+,22+,24+,25+,26-,28-,29+,30+/m0/s1. The van der Waals surface area contributed by atoms with Crippen LogP contribution in [-0.2, 0) is 28.6 Å². The van der Waals surface area contributed by atoms with E-state index < -0.39 is 16.2 Å². The van der Waals surface area contributed by atoms with Crippen LogP contribution in [0.4, 0.5) is 0 Å². The van der Waals surface area contributed by atoms with E-state index in [0.29, 0.717) is 30.0 Å². The summed E-state index contributed by atoms with van der Waals surface area (Å²) in [7, 11) is -3.88. The maximum Gasteiger partial charge on any atom is 0.302 e. The third-order valence-corrected chi connectivity index (χ3v) is 12.3. The maximum absolute atomic E-state index is 14.0. The van der Waals surface area contributed by atoms with Crippen molar-refractivity contribution < 1.29 is 26.9 Å². The number of rotatable bonds is 5. The summed E-state index contributed by atoms with van der Waals surface area (Å²) >= 11 is 0. The maximum atomic E-state index is 14.0. The fourth-order valence-corrected chi connectivity index (χ4v) is 10.3. The molecule has 4 aliphatic rings. The molecule has 0 heterocycles. The van der Waals surface area contributed by atoms with Gasteiger partial charge in [0.15, 0.2) is 0 Å². The number of benzene rings is 1. The van der Waals surface area contributed by atoms with Crippen molar-refractivity contribution in [1.82, 2.24) is 0 Å². The van der Waals surface area contributed by atoms with Crippen molar-refractivity contribution in [3.8, 4) is 0 Å². The number of hydrogen-bond acceptors (Lipinski definition) is 6. The van der Waals surface area contributed by atoms with Crippen molar-refractivity contribution in [3.05, 3.63) is 29.8 Å². The number of esters is 1. The van der Waals surface area contributed by atoms with E-state index in [1.54, 1.807) is 24.3 Å². The Labute approximate surface area is 222 Å². The van der Waals surface area contributed by atoms with Gasteiger partial charge in [-0.05, 0) is 105 Å².